The second-order valence-corrected chi connectivity index (χ2v) is 6.44. The third-order valence-corrected chi connectivity index (χ3v) is 3.70. The van der Waals surface area contributed by atoms with Crippen molar-refractivity contribution >= 4 is 21.7 Å². The number of sulfone groups is 1. The molecule has 0 saturated carbocycles. The molecular formula is C13H13N5O4S. The lowest BCUT2D eigenvalue weighted by Crippen LogP contribution is -2.24. The molecule has 0 spiro atoms. The first-order valence-corrected chi connectivity index (χ1v) is 8.07. The first kappa shape index (κ1) is 16.4. The number of amides is 1. The van der Waals surface area contributed by atoms with E-state index in [1.807, 2.05) is 0 Å². The van der Waals surface area contributed by atoms with Crippen molar-refractivity contribution in [2.45, 2.75) is 4.90 Å². The Morgan fingerprint density at radius 1 is 1.22 bits per heavy atom. The van der Waals surface area contributed by atoms with E-state index in [0.29, 0.717) is 0 Å². The second-order valence-electron chi connectivity index (χ2n) is 4.45. The lowest BCUT2D eigenvalue weighted by Gasteiger charge is -2.10. The summed E-state index contributed by atoms with van der Waals surface area (Å²) < 4.78 is 29.3. The van der Waals surface area contributed by atoms with E-state index in [1.54, 1.807) is 0 Å². The van der Waals surface area contributed by atoms with Gasteiger partial charge < -0.3 is 16.2 Å². The van der Waals surface area contributed by atoms with Crippen LogP contribution in [0, 0.1) is 0 Å². The Bertz CT molecular complexity index is 861. The largest absolute Gasteiger partial charge is 0.453 e. The van der Waals surface area contributed by atoms with Crippen LogP contribution in [0.2, 0.25) is 0 Å². The van der Waals surface area contributed by atoms with E-state index in [-0.39, 0.29) is 22.0 Å². The molecule has 1 aromatic carbocycles. The SMILES string of the molecule is CS(=O)(=O)c1cc(C(=O)N=C(N)N)ccc1Oc1cncnc1. The molecule has 10 heteroatoms. The zero-order chi connectivity index (χ0) is 17.0. The van der Waals surface area contributed by atoms with E-state index >= 15 is 0 Å². The number of aliphatic imine (C=N–C) groups is 1. The minimum absolute atomic E-state index is 0.00971. The fourth-order valence-corrected chi connectivity index (χ4v) is 2.48. The number of carbonyl (C=O) groups excluding carboxylic acids is 1. The van der Waals surface area contributed by atoms with Crippen molar-refractivity contribution in [2.24, 2.45) is 16.5 Å². The van der Waals surface area contributed by atoms with Crippen LogP contribution >= 0.6 is 0 Å². The number of hydrogen-bond acceptors (Lipinski definition) is 6. The summed E-state index contributed by atoms with van der Waals surface area (Å²) in [6.45, 7) is 0. The van der Waals surface area contributed by atoms with Gasteiger partial charge in [-0.25, -0.2) is 18.4 Å². The Morgan fingerprint density at radius 3 is 2.43 bits per heavy atom. The maximum atomic E-state index is 11.9. The predicted molar refractivity (Wildman–Crippen MR) is 81.8 cm³/mol. The van der Waals surface area contributed by atoms with Gasteiger partial charge in [-0.05, 0) is 18.2 Å². The van der Waals surface area contributed by atoms with E-state index in [4.69, 9.17) is 16.2 Å². The molecule has 0 saturated heterocycles. The highest BCUT2D eigenvalue weighted by Gasteiger charge is 2.18. The van der Waals surface area contributed by atoms with Gasteiger partial charge in [0.2, 0.25) is 0 Å². The highest BCUT2D eigenvalue weighted by Crippen LogP contribution is 2.29. The summed E-state index contributed by atoms with van der Waals surface area (Å²) in [5.41, 5.74) is 10.3. The summed E-state index contributed by atoms with van der Waals surface area (Å²) >= 11 is 0. The van der Waals surface area contributed by atoms with Crippen LogP contribution in [-0.2, 0) is 9.84 Å². The molecule has 1 aromatic heterocycles. The molecule has 23 heavy (non-hydrogen) atoms. The van der Waals surface area contributed by atoms with Gasteiger partial charge in [0.05, 0.1) is 12.4 Å². The van der Waals surface area contributed by atoms with E-state index in [2.05, 4.69) is 15.0 Å². The lowest BCUT2D eigenvalue weighted by atomic mass is 10.2. The van der Waals surface area contributed by atoms with Crippen LogP contribution in [0.3, 0.4) is 0 Å². The summed E-state index contributed by atoms with van der Waals surface area (Å²) in [4.78, 5) is 22.5. The average Bonchev–Trinajstić information content (AvgIpc) is 2.46. The average molecular weight is 335 g/mol. The summed E-state index contributed by atoms with van der Waals surface area (Å²) in [6.07, 6.45) is 5.04. The highest BCUT2D eigenvalue weighted by molar-refractivity contribution is 7.90. The smallest absolute Gasteiger partial charge is 0.280 e. The molecule has 0 bridgehead atoms. The molecule has 0 atom stereocenters. The van der Waals surface area contributed by atoms with Crippen molar-refractivity contribution in [1.82, 2.24) is 9.97 Å². The van der Waals surface area contributed by atoms with E-state index in [1.165, 1.54) is 30.9 Å². The molecule has 0 unspecified atom stereocenters. The van der Waals surface area contributed by atoms with Crippen LogP contribution in [0.1, 0.15) is 10.4 Å². The van der Waals surface area contributed by atoms with Gasteiger partial charge >= 0.3 is 0 Å². The molecule has 0 aliphatic carbocycles. The maximum Gasteiger partial charge on any atom is 0.280 e. The van der Waals surface area contributed by atoms with Gasteiger partial charge in [-0.1, -0.05) is 0 Å². The van der Waals surface area contributed by atoms with Crippen molar-refractivity contribution in [3.8, 4) is 11.5 Å². The molecule has 2 aromatic rings. The minimum atomic E-state index is -3.67. The summed E-state index contributed by atoms with van der Waals surface area (Å²) in [6, 6.07) is 3.82. The maximum absolute atomic E-state index is 11.9. The first-order valence-electron chi connectivity index (χ1n) is 6.18. The van der Waals surface area contributed by atoms with Crippen LogP contribution in [0.4, 0.5) is 0 Å². The standard InChI is InChI=1S/C13H13N5O4S/c1-23(20,21)11-4-8(12(19)18-13(14)15)2-3-10(11)22-9-5-16-7-17-6-9/h2-7H,1H3,(H4,14,15,18,19). The highest BCUT2D eigenvalue weighted by atomic mass is 32.2. The molecular weight excluding hydrogens is 322 g/mol. The molecule has 1 amide bonds. The second kappa shape index (κ2) is 6.40. The van der Waals surface area contributed by atoms with Crippen molar-refractivity contribution in [3.05, 3.63) is 42.5 Å². The Labute approximate surface area is 131 Å². The van der Waals surface area contributed by atoms with Crippen LogP contribution in [0.25, 0.3) is 0 Å². The molecule has 1 heterocycles. The van der Waals surface area contributed by atoms with Crippen LogP contribution < -0.4 is 16.2 Å². The van der Waals surface area contributed by atoms with Gasteiger partial charge in [-0.3, -0.25) is 4.79 Å². The van der Waals surface area contributed by atoms with Gasteiger partial charge in [0, 0.05) is 11.8 Å². The number of carbonyl (C=O) groups is 1. The number of benzene rings is 1. The first-order chi connectivity index (χ1) is 10.8. The summed E-state index contributed by atoms with van der Waals surface area (Å²) in [5.74, 6) is -0.897. The zero-order valence-corrected chi connectivity index (χ0v) is 12.8. The molecule has 0 radical (unpaired) electrons. The van der Waals surface area contributed by atoms with Crippen molar-refractivity contribution < 1.29 is 17.9 Å². The molecule has 9 nitrogen and oxygen atoms in total. The zero-order valence-electron chi connectivity index (χ0n) is 12.0. The van der Waals surface area contributed by atoms with Crippen LogP contribution in [0.15, 0.2) is 46.8 Å². The summed E-state index contributed by atoms with van der Waals surface area (Å²) in [7, 11) is -3.67. The molecule has 0 fully saturated rings. The minimum Gasteiger partial charge on any atom is -0.453 e. The Hall–Kier alpha value is -3.01. The number of aromatic nitrogens is 2. The number of guanidine groups is 1. The van der Waals surface area contributed by atoms with E-state index in [0.717, 1.165) is 12.3 Å². The third-order valence-electron chi connectivity index (χ3n) is 2.59. The van der Waals surface area contributed by atoms with Gasteiger partial charge in [0.15, 0.2) is 21.5 Å². The fraction of sp³-hybridized carbons (Fsp3) is 0.0769. The van der Waals surface area contributed by atoms with Crippen LogP contribution in [-0.4, -0.2) is 36.5 Å². The number of hydrogen-bond donors (Lipinski definition) is 2. The molecule has 120 valence electrons. The summed E-state index contributed by atoms with van der Waals surface area (Å²) in [5, 5.41) is 0. The topological polar surface area (TPSA) is 151 Å². The predicted octanol–water partition coefficient (Wildman–Crippen LogP) is 0.0860. The Balaban J connectivity index is 2.48. The van der Waals surface area contributed by atoms with Gasteiger partial charge in [-0.2, -0.15) is 4.99 Å². The number of rotatable bonds is 4. The van der Waals surface area contributed by atoms with Crippen molar-refractivity contribution in [1.29, 1.82) is 0 Å². The Kier molecular flexibility index (Phi) is 4.55. The van der Waals surface area contributed by atoms with Gasteiger partial charge in [0.25, 0.3) is 5.91 Å². The fourth-order valence-electron chi connectivity index (χ4n) is 1.66. The molecule has 2 rings (SSSR count). The lowest BCUT2D eigenvalue weighted by molar-refractivity contribution is 0.100. The van der Waals surface area contributed by atoms with Crippen LogP contribution in [0.5, 0.6) is 11.5 Å². The van der Waals surface area contributed by atoms with Crippen molar-refractivity contribution in [3.63, 3.8) is 0 Å². The number of ether oxygens (including phenoxy) is 1. The molecule has 4 N–H and O–H groups in total. The Morgan fingerprint density at radius 2 is 1.87 bits per heavy atom. The third kappa shape index (κ3) is 4.23. The number of nitrogens with two attached hydrogens (primary N) is 2. The monoisotopic (exact) mass is 335 g/mol. The molecule has 0 aliphatic heterocycles. The van der Waals surface area contributed by atoms with Crippen molar-refractivity contribution in [2.75, 3.05) is 6.26 Å². The van der Waals surface area contributed by atoms with Gasteiger partial charge in [-0.15, -0.1) is 0 Å². The number of nitrogens with zero attached hydrogens (tertiary/aromatic N) is 3. The van der Waals surface area contributed by atoms with Gasteiger partial charge in [0.1, 0.15) is 17.0 Å². The normalized spacial score (nSPS) is 10.8. The van der Waals surface area contributed by atoms with E-state index < -0.39 is 21.7 Å². The van der Waals surface area contributed by atoms with E-state index in [9.17, 15) is 13.2 Å². The quantitative estimate of drug-likeness (QED) is 0.589. The molecule has 0 aliphatic rings.